The first-order valence-electron chi connectivity index (χ1n) is 21.9. The van der Waals surface area contributed by atoms with Crippen LogP contribution in [0.3, 0.4) is 0 Å². The fourth-order valence-corrected chi connectivity index (χ4v) is 11.3. The van der Waals surface area contributed by atoms with E-state index in [9.17, 15) is 0 Å². The van der Waals surface area contributed by atoms with Crippen LogP contribution in [0.5, 0.6) is 23.0 Å². The minimum absolute atomic E-state index is 0.242. The molecule has 2 heterocycles. The van der Waals surface area contributed by atoms with Crippen LogP contribution in [0.25, 0.3) is 54.5 Å². The number of rotatable bonds is 13. The molecule has 0 aliphatic heterocycles. The minimum Gasteiger partial charge on any atom is -0.422 e. The van der Waals surface area contributed by atoms with Gasteiger partial charge in [0, 0.05) is 34.3 Å². The lowest BCUT2D eigenvalue weighted by Gasteiger charge is -2.26. The van der Waals surface area contributed by atoms with Gasteiger partial charge in [0.1, 0.15) is 23.0 Å². The Labute approximate surface area is 377 Å². The molecule has 6 nitrogen and oxygen atoms in total. The number of aryl methyl sites for hydroxylation is 2. The second-order valence-electron chi connectivity index (χ2n) is 17.0. The summed E-state index contributed by atoms with van der Waals surface area (Å²) in [6, 6.07) is 59.4. The highest BCUT2D eigenvalue weighted by molar-refractivity contribution is 7.47. The van der Waals surface area contributed by atoms with Crippen LogP contribution in [0, 0.1) is 13.8 Å². The van der Waals surface area contributed by atoms with Gasteiger partial charge in [0.25, 0.3) is 0 Å². The molecule has 318 valence electrons. The van der Waals surface area contributed by atoms with Crippen molar-refractivity contribution in [2.24, 2.45) is 0 Å². The van der Waals surface area contributed by atoms with Crippen LogP contribution < -0.4 is 18.1 Å². The van der Waals surface area contributed by atoms with Crippen molar-refractivity contribution in [1.29, 1.82) is 0 Å². The average Bonchev–Trinajstić information content (AvgIpc) is 3.94. The van der Waals surface area contributed by atoms with E-state index in [4.69, 9.17) is 18.1 Å². The first-order chi connectivity index (χ1) is 31.2. The zero-order chi connectivity index (χ0) is 43.9. The van der Waals surface area contributed by atoms with Crippen LogP contribution in [-0.4, -0.2) is 8.68 Å². The Morgan fingerprint density at radius 2 is 0.750 bits per heavy atom. The standard InChI is InChI=1S/C56H50N2O4P2/c1-37(2)45-27-23-39(5)35-53(45)61-63(57-33-31-43-17-9-13-21-49(43)57)59-51-29-25-41-15-7-11-19-47(41)55(51)56-48-20-12-8-16-42(48)26-30-52(56)60-64(58-34-32-44-18-10-14-22-50(44)58)62-54-36-40(6)24-28-46(54)38(3)4/h7-38H,1-6H3. The Morgan fingerprint density at radius 1 is 0.375 bits per heavy atom. The molecule has 2 unspecified atom stereocenters. The van der Waals surface area contributed by atoms with Gasteiger partial charge in [-0.25, -0.2) is 0 Å². The van der Waals surface area contributed by atoms with E-state index in [-0.39, 0.29) is 11.8 Å². The highest BCUT2D eigenvalue weighted by Gasteiger charge is 2.29. The second kappa shape index (κ2) is 17.5. The van der Waals surface area contributed by atoms with E-state index in [1.807, 2.05) is 0 Å². The Morgan fingerprint density at radius 3 is 1.17 bits per heavy atom. The van der Waals surface area contributed by atoms with Crippen LogP contribution in [0.1, 0.15) is 61.8 Å². The Hall–Kier alpha value is -6.58. The summed E-state index contributed by atoms with van der Waals surface area (Å²) in [5, 5.41) is 6.45. The van der Waals surface area contributed by atoms with Gasteiger partial charge in [-0.3, -0.25) is 8.68 Å². The first kappa shape index (κ1) is 41.4. The van der Waals surface area contributed by atoms with Crippen molar-refractivity contribution in [1.82, 2.24) is 8.68 Å². The fraction of sp³-hybridized carbons (Fsp3) is 0.143. The number of para-hydroxylation sites is 2. The molecule has 2 aromatic heterocycles. The summed E-state index contributed by atoms with van der Waals surface area (Å²) in [7, 11) is -3.60. The van der Waals surface area contributed by atoms with Gasteiger partial charge < -0.3 is 18.1 Å². The molecule has 10 aromatic rings. The lowest BCUT2D eigenvalue weighted by molar-refractivity contribution is 0.472. The average molecular weight is 877 g/mol. The van der Waals surface area contributed by atoms with E-state index in [0.717, 1.165) is 88.2 Å². The van der Waals surface area contributed by atoms with Gasteiger partial charge in [-0.1, -0.05) is 149 Å². The predicted molar refractivity (Wildman–Crippen MR) is 268 cm³/mol. The topological polar surface area (TPSA) is 46.8 Å². The number of nitrogens with zero attached hydrogens (tertiary/aromatic N) is 2. The van der Waals surface area contributed by atoms with Crippen molar-refractivity contribution in [3.63, 3.8) is 0 Å². The lowest BCUT2D eigenvalue weighted by Crippen LogP contribution is -2.08. The SMILES string of the molecule is Cc1ccc(C(C)C)c(OP(Oc2ccc3ccccc3c2-c2c(OP(Oc3cc(C)ccc3C(C)C)n3ccc4ccccc43)ccc3ccccc23)n2ccc3ccccc32)c1. The van der Waals surface area contributed by atoms with Gasteiger partial charge in [-0.05, 0) is 118 Å². The maximum absolute atomic E-state index is 7.45. The van der Waals surface area contributed by atoms with Crippen molar-refractivity contribution in [3.05, 3.63) is 205 Å². The Balaban J connectivity index is 1.19. The van der Waals surface area contributed by atoms with Crippen LogP contribution in [0.15, 0.2) is 182 Å². The van der Waals surface area contributed by atoms with Gasteiger partial charge in [0.15, 0.2) is 0 Å². The quantitative estimate of drug-likeness (QED) is 0.108. The first-order valence-corrected chi connectivity index (χ1v) is 24.2. The summed E-state index contributed by atoms with van der Waals surface area (Å²) in [6.45, 7) is 13.0. The Bertz CT molecular complexity index is 3090. The summed E-state index contributed by atoms with van der Waals surface area (Å²) < 4.78 is 33.6. The molecular formula is C56H50N2O4P2. The molecule has 8 heteroatoms. The van der Waals surface area contributed by atoms with Gasteiger partial charge in [0.2, 0.25) is 0 Å². The van der Waals surface area contributed by atoms with Gasteiger partial charge in [0.05, 0.1) is 11.0 Å². The van der Waals surface area contributed by atoms with E-state index in [1.165, 1.54) is 0 Å². The molecule has 10 rings (SSSR count). The zero-order valence-corrected chi connectivity index (χ0v) is 38.7. The molecule has 0 saturated heterocycles. The third-order valence-electron chi connectivity index (χ3n) is 11.8. The maximum Gasteiger partial charge on any atom is 0.421 e. The van der Waals surface area contributed by atoms with Crippen LogP contribution in [0.2, 0.25) is 0 Å². The van der Waals surface area contributed by atoms with Gasteiger partial charge >= 0.3 is 17.1 Å². The molecule has 64 heavy (non-hydrogen) atoms. The predicted octanol–water partition coefficient (Wildman–Crippen LogP) is 16.9. The molecule has 0 bridgehead atoms. The fourth-order valence-electron chi connectivity index (χ4n) is 8.54. The number of aromatic nitrogens is 2. The van der Waals surface area contributed by atoms with Crippen LogP contribution >= 0.6 is 17.1 Å². The summed E-state index contributed by atoms with van der Waals surface area (Å²) in [4.78, 5) is 0. The van der Waals surface area contributed by atoms with Gasteiger partial charge in [-0.15, -0.1) is 0 Å². The summed E-state index contributed by atoms with van der Waals surface area (Å²) in [6.07, 6.45) is 4.16. The summed E-state index contributed by atoms with van der Waals surface area (Å²) in [5.41, 5.74) is 8.38. The largest absolute Gasteiger partial charge is 0.422 e. The van der Waals surface area contributed by atoms with Crippen molar-refractivity contribution >= 4 is 60.4 Å². The van der Waals surface area contributed by atoms with Crippen LogP contribution in [0.4, 0.5) is 0 Å². The minimum atomic E-state index is -1.80. The highest BCUT2D eigenvalue weighted by atomic mass is 31.2. The number of fused-ring (bicyclic) bond motifs is 4. The van der Waals surface area contributed by atoms with E-state index in [2.05, 4.69) is 232 Å². The monoisotopic (exact) mass is 876 g/mol. The molecule has 0 aliphatic carbocycles. The van der Waals surface area contributed by atoms with E-state index >= 15 is 0 Å². The van der Waals surface area contributed by atoms with E-state index in [0.29, 0.717) is 11.5 Å². The highest BCUT2D eigenvalue weighted by Crippen LogP contribution is 2.55. The number of hydrogen-bond donors (Lipinski definition) is 0. The normalized spacial score (nSPS) is 12.7. The number of benzene rings is 8. The molecule has 0 fully saturated rings. The lowest BCUT2D eigenvalue weighted by atomic mass is 9.92. The molecule has 8 aromatic carbocycles. The third kappa shape index (κ3) is 7.98. The molecule has 0 N–H and O–H groups in total. The molecule has 2 atom stereocenters. The van der Waals surface area contributed by atoms with E-state index in [1.54, 1.807) is 0 Å². The Kier molecular flexibility index (Phi) is 11.3. The molecule has 0 spiro atoms. The van der Waals surface area contributed by atoms with Crippen molar-refractivity contribution < 1.29 is 18.1 Å². The number of hydrogen-bond acceptors (Lipinski definition) is 4. The van der Waals surface area contributed by atoms with Crippen molar-refractivity contribution in [2.75, 3.05) is 0 Å². The molecule has 0 amide bonds. The van der Waals surface area contributed by atoms with Crippen LogP contribution in [-0.2, 0) is 0 Å². The summed E-state index contributed by atoms with van der Waals surface area (Å²) >= 11 is 0. The third-order valence-corrected chi connectivity index (χ3v) is 14.6. The van der Waals surface area contributed by atoms with Gasteiger partial charge in [-0.2, -0.15) is 0 Å². The molecule has 0 saturated carbocycles. The summed E-state index contributed by atoms with van der Waals surface area (Å²) in [5.74, 6) is 3.47. The molecule has 0 aliphatic rings. The smallest absolute Gasteiger partial charge is 0.421 e. The zero-order valence-electron chi connectivity index (χ0n) is 36.9. The van der Waals surface area contributed by atoms with Crippen molar-refractivity contribution in [2.45, 2.75) is 53.4 Å². The molecular weight excluding hydrogens is 827 g/mol. The maximum atomic E-state index is 7.45. The molecule has 0 radical (unpaired) electrons. The van der Waals surface area contributed by atoms with E-state index < -0.39 is 17.1 Å². The van der Waals surface area contributed by atoms with Crippen molar-refractivity contribution in [3.8, 4) is 34.1 Å². The second-order valence-corrected chi connectivity index (χ2v) is 19.5.